The van der Waals surface area contributed by atoms with Gasteiger partial charge in [-0.2, -0.15) is 0 Å². The normalized spacial score (nSPS) is 11.0. The molecule has 5 nitrogen and oxygen atoms in total. The summed E-state index contributed by atoms with van der Waals surface area (Å²) in [5, 5.41) is 9.12. The van der Waals surface area contributed by atoms with Gasteiger partial charge in [0.2, 0.25) is 5.91 Å². The zero-order valence-corrected chi connectivity index (χ0v) is 13.8. The van der Waals surface area contributed by atoms with Crippen LogP contribution in [0.4, 0.5) is 10.1 Å². The number of nitrogens with zero attached hydrogens (tertiary/aromatic N) is 1. The summed E-state index contributed by atoms with van der Waals surface area (Å²) < 4.78 is 12.9. The molecular formula is C18H21FN4O. The zero-order valence-electron chi connectivity index (χ0n) is 13.8. The van der Waals surface area contributed by atoms with Gasteiger partial charge in [0.25, 0.3) is 0 Å². The van der Waals surface area contributed by atoms with E-state index in [1.807, 2.05) is 24.3 Å². The first-order valence-corrected chi connectivity index (χ1v) is 7.62. The molecule has 0 saturated carbocycles. The largest absolute Gasteiger partial charge is 0.352 e. The van der Waals surface area contributed by atoms with Gasteiger partial charge in [-0.25, -0.2) is 4.39 Å². The van der Waals surface area contributed by atoms with E-state index in [0.29, 0.717) is 19.0 Å². The quantitative estimate of drug-likeness (QED) is 0.584. The molecule has 2 aromatic carbocycles. The van der Waals surface area contributed by atoms with Gasteiger partial charge in [0.1, 0.15) is 5.82 Å². The van der Waals surface area contributed by atoms with Crippen LogP contribution in [0.15, 0.2) is 53.5 Å². The van der Waals surface area contributed by atoms with Crippen molar-refractivity contribution in [3.8, 4) is 0 Å². The number of amides is 1. The van der Waals surface area contributed by atoms with Crippen LogP contribution >= 0.6 is 0 Å². The minimum absolute atomic E-state index is 0.100. The molecule has 2 rings (SSSR count). The molecule has 0 aliphatic rings. The number of guanidine groups is 1. The number of hydrogen-bond acceptors (Lipinski definition) is 2. The molecule has 0 aliphatic carbocycles. The lowest BCUT2D eigenvalue weighted by Crippen LogP contribution is -2.36. The predicted molar refractivity (Wildman–Crippen MR) is 94.2 cm³/mol. The van der Waals surface area contributed by atoms with Crippen molar-refractivity contribution < 1.29 is 9.18 Å². The number of nitrogens with one attached hydrogen (secondary N) is 3. The number of carbonyl (C=O) groups excluding carboxylic acids is 1. The average molecular weight is 328 g/mol. The van der Waals surface area contributed by atoms with Crippen LogP contribution in [-0.2, 0) is 17.9 Å². The Labute approximate surface area is 141 Å². The average Bonchev–Trinajstić information content (AvgIpc) is 2.56. The van der Waals surface area contributed by atoms with Crippen LogP contribution < -0.4 is 16.0 Å². The molecule has 24 heavy (non-hydrogen) atoms. The highest BCUT2D eigenvalue weighted by molar-refractivity contribution is 5.88. The van der Waals surface area contributed by atoms with Crippen LogP contribution in [-0.4, -0.2) is 18.9 Å². The number of aliphatic imine (C=N–C) groups is 1. The molecule has 0 bridgehead atoms. The van der Waals surface area contributed by atoms with Gasteiger partial charge in [-0.15, -0.1) is 0 Å². The second-order valence-electron chi connectivity index (χ2n) is 5.29. The van der Waals surface area contributed by atoms with Crippen molar-refractivity contribution >= 4 is 17.6 Å². The van der Waals surface area contributed by atoms with Crippen molar-refractivity contribution in [1.82, 2.24) is 10.6 Å². The Morgan fingerprint density at radius 2 is 1.71 bits per heavy atom. The Morgan fingerprint density at radius 1 is 1.04 bits per heavy atom. The van der Waals surface area contributed by atoms with Crippen LogP contribution in [0.3, 0.4) is 0 Å². The molecule has 126 valence electrons. The molecule has 0 aromatic heterocycles. The zero-order chi connectivity index (χ0) is 17.4. The van der Waals surface area contributed by atoms with E-state index in [1.165, 1.54) is 19.1 Å². The second-order valence-corrected chi connectivity index (χ2v) is 5.29. The molecule has 2 aromatic rings. The van der Waals surface area contributed by atoms with Gasteiger partial charge < -0.3 is 16.0 Å². The summed E-state index contributed by atoms with van der Waals surface area (Å²) in [4.78, 5) is 15.3. The smallest absolute Gasteiger partial charge is 0.221 e. The summed E-state index contributed by atoms with van der Waals surface area (Å²) in [5.41, 5.74) is 2.74. The molecule has 0 fully saturated rings. The number of rotatable bonds is 5. The Morgan fingerprint density at radius 3 is 2.33 bits per heavy atom. The fourth-order valence-electron chi connectivity index (χ4n) is 2.16. The van der Waals surface area contributed by atoms with Crippen LogP contribution in [0.1, 0.15) is 18.1 Å². The standard InChI is InChI=1S/C18H21FN4O/c1-13(24)23-17-5-3-4-15(10-17)12-22-18(20-2)21-11-14-6-8-16(19)9-7-14/h3-10H,11-12H2,1-2H3,(H,23,24)(H2,20,21,22). The maximum Gasteiger partial charge on any atom is 0.221 e. The molecule has 0 spiro atoms. The molecule has 0 atom stereocenters. The van der Waals surface area contributed by atoms with Crippen molar-refractivity contribution in [3.05, 3.63) is 65.5 Å². The third-order valence-corrected chi connectivity index (χ3v) is 3.30. The lowest BCUT2D eigenvalue weighted by Gasteiger charge is -2.12. The SMILES string of the molecule is CN=C(NCc1ccc(F)cc1)NCc1cccc(NC(C)=O)c1. The van der Waals surface area contributed by atoms with E-state index in [9.17, 15) is 9.18 Å². The van der Waals surface area contributed by atoms with Crippen LogP contribution in [0, 0.1) is 5.82 Å². The van der Waals surface area contributed by atoms with E-state index in [0.717, 1.165) is 16.8 Å². The minimum atomic E-state index is -0.250. The predicted octanol–water partition coefficient (Wildman–Crippen LogP) is 2.65. The van der Waals surface area contributed by atoms with Gasteiger partial charge in [0, 0.05) is 32.7 Å². The molecule has 0 unspecified atom stereocenters. The Kier molecular flexibility index (Phi) is 6.31. The summed E-state index contributed by atoms with van der Waals surface area (Å²) >= 11 is 0. The lowest BCUT2D eigenvalue weighted by atomic mass is 10.2. The highest BCUT2D eigenvalue weighted by Crippen LogP contribution is 2.10. The first-order chi connectivity index (χ1) is 11.6. The van der Waals surface area contributed by atoms with Crippen molar-refractivity contribution in [2.75, 3.05) is 12.4 Å². The molecule has 1 amide bonds. The van der Waals surface area contributed by atoms with E-state index < -0.39 is 0 Å². The summed E-state index contributed by atoms with van der Waals surface area (Å²) in [6, 6.07) is 13.9. The van der Waals surface area contributed by atoms with Crippen LogP contribution in [0.25, 0.3) is 0 Å². The summed E-state index contributed by atoms with van der Waals surface area (Å²) in [5.74, 6) is 0.293. The van der Waals surface area contributed by atoms with Gasteiger partial charge >= 0.3 is 0 Å². The van der Waals surface area contributed by atoms with Crippen molar-refractivity contribution in [2.24, 2.45) is 4.99 Å². The van der Waals surface area contributed by atoms with E-state index in [4.69, 9.17) is 0 Å². The Hall–Kier alpha value is -2.89. The molecule has 0 saturated heterocycles. The summed E-state index contributed by atoms with van der Waals surface area (Å²) in [6.07, 6.45) is 0. The third kappa shape index (κ3) is 5.72. The van der Waals surface area contributed by atoms with E-state index in [1.54, 1.807) is 19.2 Å². The fraction of sp³-hybridized carbons (Fsp3) is 0.222. The van der Waals surface area contributed by atoms with Gasteiger partial charge in [-0.3, -0.25) is 9.79 Å². The van der Waals surface area contributed by atoms with Crippen molar-refractivity contribution in [2.45, 2.75) is 20.0 Å². The fourth-order valence-corrected chi connectivity index (χ4v) is 2.16. The monoisotopic (exact) mass is 328 g/mol. The van der Waals surface area contributed by atoms with Gasteiger partial charge in [0.15, 0.2) is 5.96 Å². The molecule has 0 aliphatic heterocycles. The lowest BCUT2D eigenvalue weighted by molar-refractivity contribution is -0.114. The van der Waals surface area contributed by atoms with E-state index in [2.05, 4.69) is 20.9 Å². The minimum Gasteiger partial charge on any atom is -0.352 e. The summed E-state index contributed by atoms with van der Waals surface area (Å²) in [6.45, 7) is 2.59. The third-order valence-electron chi connectivity index (χ3n) is 3.30. The van der Waals surface area contributed by atoms with Crippen molar-refractivity contribution in [1.29, 1.82) is 0 Å². The first-order valence-electron chi connectivity index (χ1n) is 7.62. The highest BCUT2D eigenvalue weighted by atomic mass is 19.1. The maximum atomic E-state index is 12.9. The van der Waals surface area contributed by atoms with Gasteiger partial charge in [-0.1, -0.05) is 24.3 Å². The Balaban J connectivity index is 1.87. The molecule has 6 heteroatoms. The number of hydrogen-bond donors (Lipinski definition) is 3. The maximum absolute atomic E-state index is 12.9. The molecule has 0 heterocycles. The molecule has 0 radical (unpaired) electrons. The number of benzene rings is 2. The number of anilines is 1. The van der Waals surface area contributed by atoms with Crippen molar-refractivity contribution in [3.63, 3.8) is 0 Å². The first kappa shape index (κ1) is 17.5. The van der Waals surface area contributed by atoms with E-state index >= 15 is 0 Å². The van der Waals surface area contributed by atoms with Crippen LogP contribution in [0.2, 0.25) is 0 Å². The van der Waals surface area contributed by atoms with E-state index in [-0.39, 0.29) is 11.7 Å². The second kappa shape index (κ2) is 8.67. The Bertz CT molecular complexity index is 713. The highest BCUT2D eigenvalue weighted by Gasteiger charge is 2.01. The van der Waals surface area contributed by atoms with Crippen LogP contribution in [0.5, 0.6) is 0 Å². The van der Waals surface area contributed by atoms with Gasteiger partial charge in [0.05, 0.1) is 0 Å². The number of carbonyl (C=O) groups is 1. The topological polar surface area (TPSA) is 65.5 Å². The molecule has 3 N–H and O–H groups in total. The summed E-state index contributed by atoms with van der Waals surface area (Å²) in [7, 11) is 1.69. The van der Waals surface area contributed by atoms with Gasteiger partial charge in [-0.05, 0) is 35.4 Å². The molecular weight excluding hydrogens is 307 g/mol. The number of halogens is 1.